The lowest BCUT2D eigenvalue weighted by Crippen LogP contribution is -2.00. The zero-order chi connectivity index (χ0) is 13.8. The van der Waals surface area contributed by atoms with E-state index < -0.39 is 0 Å². The second kappa shape index (κ2) is 6.81. The topological polar surface area (TPSA) is 35.0 Å². The fourth-order valence-electron chi connectivity index (χ4n) is 1.66. The fraction of sp³-hybridized carbons (Fsp3) is 0.231. The van der Waals surface area contributed by atoms with E-state index in [9.17, 15) is 0 Å². The SMILES string of the molecule is COc1cc(CC(Br)c2cc(Br)cc(Br)c2)ncn1. The van der Waals surface area contributed by atoms with Crippen molar-refractivity contribution in [3.63, 3.8) is 0 Å². The third-order valence-corrected chi connectivity index (χ3v) is 4.31. The average molecular weight is 451 g/mol. The van der Waals surface area contributed by atoms with Crippen molar-refractivity contribution in [3.05, 3.63) is 50.8 Å². The quantitative estimate of drug-likeness (QED) is 0.634. The molecule has 2 rings (SSSR count). The summed E-state index contributed by atoms with van der Waals surface area (Å²) >= 11 is 10.7. The van der Waals surface area contributed by atoms with Crippen LogP contribution in [-0.4, -0.2) is 17.1 Å². The van der Waals surface area contributed by atoms with E-state index in [0.717, 1.165) is 21.1 Å². The molecule has 0 saturated heterocycles. The third kappa shape index (κ3) is 4.26. The van der Waals surface area contributed by atoms with Gasteiger partial charge in [0.05, 0.1) is 7.11 Å². The molecule has 1 unspecified atom stereocenters. The summed E-state index contributed by atoms with van der Waals surface area (Å²) in [5, 5.41) is 0. The minimum absolute atomic E-state index is 0.181. The van der Waals surface area contributed by atoms with E-state index in [1.54, 1.807) is 7.11 Å². The van der Waals surface area contributed by atoms with Crippen molar-refractivity contribution in [2.45, 2.75) is 11.2 Å². The number of benzene rings is 1. The van der Waals surface area contributed by atoms with Crippen LogP contribution in [-0.2, 0) is 6.42 Å². The van der Waals surface area contributed by atoms with Crippen molar-refractivity contribution >= 4 is 47.8 Å². The van der Waals surface area contributed by atoms with Crippen LogP contribution >= 0.6 is 47.8 Å². The summed E-state index contributed by atoms with van der Waals surface area (Å²) in [6.07, 6.45) is 2.28. The van der Waals surface area contributed by atoms with Crippen LogP contribution in [0.5, 0.6) is 5.88 Å². The number of hydrogen-bond donors (Lipinski definition) is 0. The molecule has 0 fully saturated rings. The van der Waals surface area contributed by atoms with E-state index in [4.69, 9.17) is 4.74 Å². The fourth-order valence-corrected chi connectivity index (χ4v) is 3.58. The van der Waals surface area contributed by atoms with Gasteiger partial charge in [-0.1, -0.05) is 47.8 Å². The number of rotatable bonds is 4. The lowest BCUT2D eigenvalue weighted by molar-refractivity contribution is 0.396. The molecule has 0 bridgehead atoms. The maximum Gasteiger partial charge on any atom is 0.216 e. The molecule has 2 aromatic rings. The third-order valence-electron chi connectivity index (χ3n) is 2.54. The Bertz CT molecular complexity index is 557. The summed E-state index contributed by atoms with van der Waals surface area (Å²) in [6.45, 7) is 0. The molecule has 1 aromatic carbocycles. The van der Waals surface area contributed by atoms with E-state index in [-0.39, 0.29) is 4.83 Å². The first-order valence-corrected chi connectivity index (χ1v) is 8.03. The molecule has 1 atom stereocenters. The largest absolute Gasteiger partial charge is 0.481 e. The molecule has 0 saturated carbocycles. The van der Waals surface area contributed by atoms with Crippen LogP contribution in [0.15, 0.2) is 39.5 Å². The first-order chi connectivity index (χ1) is 9.08. The Morgan fingerprint density at radius 2 is 1.79 bits per heavy atom. The van der Waals surface area contributed by atoms with Crippen LogP contribution in [0.1, 0.15) is 16.1 Å². The van der Waals surface area contributed by atoms with Crippen molar-refractivity contribution in [2.24, 2.45) is 0 Å². The summed E-state index contributed by atoms with van der Waals surface area (Å²) in [6, 6.07) is 8.03. The maximum absolute atomic E-state index is 5.10. The highest BCUT2D eigenvalue weighted by Crippen LogP contribution is 2.31. The molecule has 0 aliphatic heterocycles. The Balaban J connectivity index is 2.17. The Kier molecular flexibility index (Phi) is 5.36. The minimum Gasteiger partial charge on any atom is -0.481 e. The van der Waals surface area contributed by atoms with Gasteiger partial charge in [-0.25, -0.2) is 9.97 Å². The van der Waals surface area contributed by atoms with Crippen LogP contribution in [0, 0.1) is 0 Å². The minimum atomic E-state index is 0.181. The summed E-state index contributed by atoms with van der Waals surface area (Å²) in [4.78, 5) is 8.44. The smallest absolute Gasteiger partial charge is 0.216 e. The number of aromatic nitrogens is 2. The lowest BCUT2D eigenvalue weighted by atomic mass is 10.1. The van der Waals surface area contributed by atoms with Crippen LogP contribution in [0.2, 0.25) is 0 Å². The molecule has 0 radical (unpaired) electrons. The van der Waals surface area contributed by atoms with Gasteiger partial charge in [0.2, 0.25) is 5.88 Å². The number of ether oxygens (including phenoxy) is 1. The van der Waals surface area contributed by atoms with Gasteiger partial charge >= 0.3 is 0 Å². The number of nitrogens with zero attached hydrogens (tertiary/aromatic N) is 2. The Morgan fingerprint density at radius 3 is 2.42 bits per heavy atom. The van der Waals surface area contributed by atoms with Gasteiger partial charge in [0, 0.05) is 32.0 Å². The standard InChI is InChI=1S/C13H11Br3N2O/c1-19-13-6-11(17-7-18-13)5-12(16)8-2-9(14)4-10(15)3-8/h2-4,6-7,12H,5H2,1H3. The first kappa shape index (κ1) is 14.9. The van der Waals surface area contributed by atoms with E-state index >= 15 is 0 Å². The molecule has 0 aliphatic rings. The van der Waals surface area contributed by atoms with Gasteiger partial charge in [-0.15, -0.1) is 0 Å². The number of halogens is 3. The number of hydrogen-bond acceptors (Lipinski definition) is 3. The highest BCUT2D eigenvalue weighted by molar-refractivity contribution is 9.11. The predicted molar refractivity (Wildman–Crippen MR) is 85.8 cm³/mol. The van der Waals surface area contributed by atoms with Gasteiger partial charge in [0.1, 0.15) is 6.33 Å². The Labute approximate surface area is 137 Å². The van der Waals surface area contributed by atoms with Crippen molar-refractivity contribution in [2.75, 3.05) is 7.11 Å². The maximum atomic E-state index is 5.10. The van der Waals surface area contributed by atoms with Crippen LogP contribution in [0.3, 0.4) is 0 Å². The second-order valence-electron chi connectivity index (χ2n) is 3.93. The molecule has 0 spiro atoms. The number of methoxy groups -OCH3 is 1. The van der Waals surface area contributed by atoms with Gasteiger partial charge in [-0.3, -0.25) is 0 Å². The van der Waals surface area contributed by atoms with E-state index in [1.165, 1.54) is 11.9 Å². The Morgan fingerprint density at radius 1 is 1.11 bits per heavy atom. The molecule has 0 aliphatic carbocycles. The summed E-state index contributed by atoms with van der Waals surface area (Å²) < 4.78 is 7.19. The summed E-state index contributed by atoms with van der Waals surface area (Å²) in [5.74, 6) is 0.583. The highest BCUT2D eigenvalue weighted by atomic mass is 79.9. The van der Waals surface area contributed by atoms with E-state index in [0.29, 0.717) is 5.88 Å². The van der Waals surface area contributed by atoms with E-state index in [2.05, 4.69) is 69.9 Å². The first-order valence-electron chi connectivity index (χ1n) is 5.53. The van der Waals surface area contributed by atoms with Gasteiger partial charge in [0.25, 0.3) is 0 Å². The van der Waals surface area contributed by atoms with Crippen molar-refractivity contribution in [3.8, 4) is 5.88 Å². The molecule has 6 heteroatoms. The molecule has 100 valence electrons. The molecule has 3 nitrogen and oxygen atoms in total. The molecule has 19 heavy (non-hydrogen) atoms. The zero-order valence-electron chi connectivity index (χ0n) is 10.1. The van der Waals surface area contributed by atoms with E-state index in [1.807, 2.05) is 12.1 Å². The predicted octanol–water partition coefficient (Wildman–Crippen LogP) is 4.69. The van der Waals surface area contributed by atoms with Crippen molar-refractivity contribution < 1.29 is 4.74 Å². The number of alkyl halides is 1. The van der Waals surface area contributed by atoms with Crippen molar-refractivity contribution in [1.29, 1.82) is 0 Å². The molecule has 1 aromatic heterocycles. The monoisotopic (exact) mass is 448 g/mol. The molecular formula is C13H11Br3N2O. The molecule has 0 amide bonds. The molecule has 0 N–H and O–H groups in total. The molecular weight excluding hydrogens is 440 g/mol. The van der Waals surface area contributed by atoms with Gasteiger partial charge in [-0.05, 0) is 23.8 Å². The van der Waals surface area contributed by atoms with Crippen LogP contribution < -0.4 is 4.74 Å². The normalized spacial score (nSPS) is 12.2. The van der Waals surface area contributed by atoms with Crippen molar-refractivity contribution in [1.82, 2.24) is 9.97 Å². The van der Waals surface area contributed by atoms with Gasteiger partial charge < -0.3 is 4.74 Å². The second-order valence-corrected chi connectivity index (χ2v) is 6.86. The Hall–Kier alpha value is -0.460. The lowest BCUT2D eigenvalue weighted by Gasteiger charge is -2.11. The summed E-state index contributed by atoms with van der Waals surface area (Å²) in [5.41, 5.74) is 2.11. The zero-order valence-corrected chi connectivity index (χ0v) is 14.9. The summed E-state index contributed by atoms with van der Waals surface area (Å²) in [7, 11) is 1.60. The van der Waals surface area contributed by atoms with Crippen LogP contribution in [0.4, 0.5) is 0 Å². The van der Waals surface area contributed by atoms with Gasteiger partial charge in [-0.2, -0.15) is 0 Å². The van der Waals surface area contributed by atoms with Crippen LogP contribution in [0.25, 0.3) is 0 Å². The average Bonchev–Trinajstić information content (AvgIpc) is 2.37. The molecule has 1 heterocycles. The highest BCUT2D eigenvalue weighted by Gasteiger charge is 2.11. The van der Waals surface area contributed by atoms with Gasteiger partial charge in [0.15, 0.2) is 0 Å².